The first kappa shape index (κ1) is 30.8. The van der Waals surface area contributed by atoms with Crippen molar-refractivity contribution in [2.24, 2.45) is 22.7 Å². The lowest BCUT2D eigenvalue weighted by Gasteiger charge is -2.63. The summed E-state index contributed by atoms with van der Waals surface area (Å²) in [5, 5.41) is 31.4. The number of hydrogen-bond acceptors (Lipinski definition) is 9. The lowest BCUT2D eigenvalue weighted by molar-refractivity contribution is -0.234. The Hall–Kier alpha value is -2.80. The molecule has 0 unspecified atom stereocenters. The third-order valence-electron chi connectivity index (χ3n) is 11.6. The van der Waals surface area contributed by atoms with Gasteiger partial charge >= 0.3 is 0 Å². The summed E-state index contributed by atoms with van der Waals surface area (Å²) in [7, 11) is 0. The maximum absolute atomic E-state index is 17.6. The number of aliphatic hydroxyl groups is 3. The average molecular weight is 642 g/mol. The molecule has 4 fully saturated rings. The zero-order valence-electron chi connectivity index (χ0n) is 25.0. The van der Waals surface area contributed by atoms with Crippen LogP contribution in [0.1, 0.15) is 60.3 Å². The van der Waals surface area contributed by atoms with Crippen molar-refractivity contribution in [1.29, 1.82) is 0 Å². The summed E-state index contributed by atoms with van der Waals surface area (Å²) >= 11 is 1.44. The molecule has 45 heavy (non-hydrogen) atoms. The quantitative estimate of drug-likeness (QED) is 0.347. The number of nitrogens with two attached hydrogens (primary N) is 1. The summed E-state index contributed by atoms with van der Waals surface area (Å²) < 4.78 is 46.4. The number of alkyl halides is 2. The van der Waals surface area contributed by atoms with Gasteiger partial charge in [-0.1, -0.05) is 25.1 Å². The number of benzene rings is 1. The van der Waals surface area contributed by atoms with E-state index >= 15 is 8.78 Å². The van der Waals surface area contributed by atoms with Crippen molar-refractivity contribution in [3.05, 3.63) is 75.0 Å². The van der Waals surface area contributed by atoms with Gasteiger partial charge in [-0.2, -0.15) is 0 Å². The number of thiophene rings is 1. The van der Waals surface area contributed by atoms with Gasteiger partial charge in [-0.15, -0.1) is 11.3 Å². The highest BCUT2D eigenvalue weighted by Gasteiger charge is 2.80. The zero-order valence-corrected chi connectivity index (χ0v) is 25.9. The third-order valence-corrected chi connectivity index (χ3v) is 12.7. The molecule has 10 atom stereocenters. The Morgan fingerprint density at radius 1 is 1.16 bits per heavy atom. The van der Waals surface area contributed by atoms with Crippen molar-refractivity contribution in [1.82, 2.24) is 0 Å². The molecule has 11 heteroatoms. The van der Waals surface area contributed by atoms with Crippen LogP contribution in [-0.4, -0.2) is 63.1 Å². The highest BCUT2D eigenvalue weighted by Crippen LogP contribution is 2.72. The summed E-state index contributed by atoms with van der Waals surface area (Å²) in [5.74, 6) is -2.65. The first-order valence-corrected chi connectivity index (χ1v) is 16.1. The Morgan fingerprint density at radius 3 is 2.67 bits per heavy atom. The van der Waals surface area contributed by atoms with Gasteiger partial charge in [0, 0.05) is 39.3 Å². The van der Waals surface area contributed by atoms with Crippen LogP contribution in [0.15, 0.2) is 54.1 Å². The highest BCUT2D eigenvalue weighted by molar-refractivity contribution is 7.12. The number of ketones is 2. The van der Waals surface area contributed by atoms with Gasteiger partial charge in [0.15, 0.2) is 29.1 Å². The molecule has 2 aromatic rings. The van der Waals surface area contributed by atoms with E-state index < -0.39 is 76.8 Å². The maximum Gasteiger partial charge on any atom is 0.194 e. The molecule has 3 saturated carbocycles. The van der Waals surface area contributed by atoms with E-state index in [2.05, 4.69) is 0 Å². The summed E-state index contributed by atoms with van der Waals surface area (Å²) in [6.45, 7) is 2.29. The second-order valence-electron chi connectivity index (χ2n) is 13.7. The van der Waals surface area contributed by atoms with Gasteiger partial charge in [0.25, 0.3) is 0 Å². The molecule has 0 radical (unpaired) electrons. The summed E-state index contributed by atoms with van der Waals surface area (Å²) in [6, 6.07) is 9.29. The second kappa shape index (κ2) is 10.4. The second-order valence-corrected chi connectivity index (χ2v) is 14.9. The number of ether oxygens (including phenoxy) is 2. The van der Waals surface area contributed by atoms with E-state index in [1.165, 1.54) is 30.4 Å². The van der Waals surface area contributed by atoms with Crippen LogP contribution in [0.5, 0.6) is 0 Å². The van der Waals surface area contributed by atoms with Gasteiger partial charge in [0.05, 0.1) is 23.7 Å². The Balaban J connectivity index is 1.21. The van der Waals surface area contributed by atoms with Gasteiger partial charge in [-0.25, -0.2) is 8.78 Å². The fourth-order valence-corrected chi connectivity index (χ4v) is 10.4. The molecule has 0 amide bonds. The Labute approximate surface area is 263 Å². The number of carbonyl (C=O) groups is 2. The summed E-state index contributed by atoms with van der Waals surface area (Å²) in [4.78, 5) is 27.6. The molecule has 0 bridgehead atoms. The van der Waals surface area contributed by atoms with Gasteiger partial charge < -0.3 is 30.5 Å². The third kappa shape index (κ3) is 4.04. The number of fused-ring (bicyclic) bond motifs is 7. The molecule has 1 aromatic carbocycles. The van der Waals surface area contributed by atoms with Crippen molar-refractivity contribution >= 4 is 28.6 Å². The van der Waals surface area contributed by atoms with E-state index in [4.69, 9.17) is 15.2 Å². The predicted octanol–water partition coefficient (Wildman–Crippen LogP) is 4.06. The van der Waals surface area contributed by atoms with Crippen LogP contribution in [0.2, 0.25) is 0 Å². The van der Waals surface area contributed by atoms with Gasteiger partial charge in [0.1, 0.15) is 12.8 Å². The molecule has 1 aromatic heterocycles. The normalized spacial score (nSPS) is 41.7. The molecular formula is C34H37F2NO7S. The van der Waals surface area contributed by atoms with Gasteiger partial charge in [-0.3, -0.25) is 9.59 Å². The lowest BCUT2D eigenvalue weighted by atomic mass is 9.44. The van der Waals surface area contributed by atoms with E-state index in [-0.39, 0.29) is 31.4 Å². The minimum Gasteiger partial charge on any atom is -0.398 e. The van der Waals surface area contributed by atoms with E-state index in [0.717, 1.165) is 16.5 Å². The first-order chi connectivity index (χ1) is 21.3. The molecule has 1 aliphatic heterocycles. The lowest BCUT2D eigenvalue weighted by Crippen LogP contribution is -2.70. The Bertz CT molecular complexity index is 1640. The van der Waals surface area contributed by atoms with E-state index in [1.807, 2.05) is 24.3 Å². The number of aliphatic hydroxyl groups excluding tert-OH is 3. The molecule has 7 rings (SSSR count). The number of allylic oxidation sites excluding steroid dienone is 4. The van der Waals surface area contributed by atoms with Gasteiger partial charge in [0.2, 0.25) is 0 Å². The maximum atomic E-state index is 17.6. The van der Waals surface area contributed by atoms with Crippen molar-refractivity contribution < 1.29 is 43.2 Å². The van der Waals surface area contributed by atoms with Crippen LogP contribution in [-0.2, 0) is 32.1 Å². The number of hydrogen-bond donors (Lipinski definition) is 4. The smallest absolute Gasteiger partial charge is 0.194 e. The minimum absolute atomic E-state index is 0.0309. The Kier molecular flexibility index (Phi) is 7.09. The van der Waals surface area contributed by atoms with E-state index in [1.54, 1.807) is 13.0 Å². The van der Waals surface area contributed by atoms with E-state index in [0.29, 0.717) is 22.5 Å². The van der Waals surface area contributed by atoms with Crippen LogP contribution < -0.4 is 5.73 Å². The Morgan fingerprint density at radius 2 is 1.93 bits per heavy atom. The van der Waals surface area contributed by atoms with Crippen molar-refractivity contribution in [3.63, 3.8) is 0 Å². The number of carbonyl (C=O) groups excluding carboxylic acids is 2. The molecule has 0 spiro atoms. The number of halogens is 2. The molecule has 8 nitrogen and oxygen atoms in total. The van der Waals surface area contributed by atoms with Crippen LogP contribution in [0.25, 0.3) is 0 Å². The zero-order chi connectivity index (χ0) is 32.1. The molecule has 2 heterocycles. The fourth-order valence-electron chi connectivity index (χ4n) is 9.42. The average Bonchev–Trinajstić information content (AvgIpc) is 3.69. The van der Waals surface area contributed by atoms with Crippen LogP contribution >= 0.6 is 11.3 Å². The van der Waals surface area contributed by atoms with Crippen LogP contribution in [0, 0.1) is 22.7 Å². The molecule has 1 saturated heterocycles. The molecule has 5 N–H and O–H groups in total. The number of anilines is 1. The molecule has 240 valence electrons. The topological polar surface area (TPSA) is 139 Å². The first-order valence-electron chi connectivity index (χ1n) is 15.3. The summed E-state index contributed by atoms with van der Waals surface area (Å²) in [6.07, 6.45) is -0.928. The van der Waals surface area contributed by atoms with Crippen molar-refractivity contribution in [2.45, 2.75) is 82.1 Å². The van der Waals surface area contributed by atoms with Crippen LogP contribution in [0.4, 0.5) is 14.5 Å². The summed E-state index contributed by atoms with van der Waals surface area (Å²) in [5.41, 5.74) is 1.36. The number of rotatable bonds is 6. The van der Waals surface area contributed by atoms with Gasteiger partial charge in [-0.05, 0) is 73.6 Å². The number of Topliss-reactive ketones (excluding diaryl/α,β-unsaturated/α-hetero) is 1. The fraction of sp³-hybridized carbons (Fsp3) is 0.529. The molecule has 4 aliphatic carbocycles. The number of nitrogen functional groups attached to an aromatic ring is 1. The highest BCUT2D eigenvalue weighted by atomic mass is 32.1. The van der Waals surface area contributed by atoms with Crippen LogP contribution in [0.3, 0.4) is 0 Å². The van der Waals surface area contributed by atoms with Crippen molar-refractivity contribution in [3.8, 4) is 0 Å². The monoisotopic (exact) mass is 641 g/mol. The predicted molar refractivity (Wildman–Crippen MR) is 161 cm³/mol. The standard InChI is InChI=1S/C34H37F2NO7S/c1-31-8-7-19(40)11-23(31)24(35)12-22-21-13-29-34(28(42)16-39,32(21,2)14-27(41)33(22,31)36)44-30(43-29)26-6-4-20(45-26)10-17-3-5-25(37)18(9-17)15-38/h3-9,11,21-22,24,27,29-30,38-39,41H,10,12-16,37H2,1-2H3/t21-,22-,24-,27-,29+,30+,31-,32-,33-,34+/m0/s1. The SMILES string of the molecule is C[C@]12C=CC(=O)C=C1[C@@H](F)C[C@H]1[C@@H]3C[C@H]4O[C@@H](c5ccc(Cc6ccc(N)c(CO)c6)s5)O[C@@]4(C(=O)CO)[C@@]3(C)C[C@H](O)[C@@]12F. The van der Waals surface area contributed by atoms with Crippen molar-refractivity contribution in [2.75, 3.05) is 12.3 Å². The molecule has 5 aliphatic rings. The largest absolute Gasteiger partial charge is 0.398 e. The minimum atomic E-state index is -2.30. The molecular weight excluding hydrogens is 604 g/mol. The van der Waals surface area contributed by atoms with E-state index in [9.17, 15) is 24.9 Å².